The van der Waals surface area contributed by atoms with E-state index in [4.69, 9.17) is 9.47 Å². The molecule has 0 spiro atoms. The van der Waals surface area contributed by atoms with E-state index in [9.17, 15) is 18.0 Å². The standard InChI is InChI=1S/C32H33F3N6O3/c1-19-12-25(16-27-30(19)40-28(38-27)17-32(33,34)35)44-29-15-22(36-18-37-29)13-20-4-3-5-23(7-6-20)41-11-10-21-14-24(43-2)8-9-26(21)39-31(41)42/h4,8-9,12,14-16,18,23H,3,5-7,10-11,13,17H2,1-2H3,(H,38,40)(H,39,42). The molecule has 1 aliphatic carbocycles. The van der Waals surface area contributed by atoms with Gasteiger partial charge >= 0.3 is 12.2 Å². The number of fused-ring (bicyclic) bond motifs is 2. The van der Waals surface area contributed by atoms with Crippen molar-refractivity contribution in [3.8, 4) is 17.4 Å². The van der Waals surface area contributed by atoms with E-state index in [2.05, 4.69) is 31.3 Å². The number of allylic oxidation sites excluding steroid dienone is 2. The number of anilines is 1. The summed E-state index contributed by atoms with van der Waals surface area (Å²) in [6, 6.07) is 10.9. The smallest absolute Gasteiger partial charge is 0.396 e. The maximum Gasteiger partial charge on any atom is 0.396 e. The second kappa shape index (κ2) is 12.2. The highest BCUT2D eigenvalue weighted by Crippen LogP contribution is 2.31. The number of H-pyrrole nitrogens is 1. The Balaban J connectivity index is 1.08. The van der Waals surface area contributed by atoms with Crippen molar-refractivity contribution >= 4 is 22.8 Å². The minimum Gasteiger partial charge on any atom is -0.497 e. The highest BCUT2D eigenvalue weighted by Gasteiger charge is 2.30. The van der Waals surface area contributed by atoms with Crippen molar-refractivity contribution in [1.29, 1.82) is 0 Å². The summed E-state index contributed by atoms with van der Waals surface area (Å²) in [7, 11) is 1.64. The summed E-state index contributed by atoms with van der Waals surface area (Å²) in [6.07, 6.45) is 3.03. The molecule has 2 aromatic heterocycles. The third-order valence-electron chi connectivity index (χ3n) is 8.11. The van der Waals surface area contributed by atoms with E-state index in [0.717, 1.165) is 54.8 Å². The molecule has 9 nitrogen and oxygen atoms in total. The quantitative estimate of drug-likeness (QED) is 0.218. The van der Waals surface area contributed by atoms with E-state index >= 15 is 0 Å². The average molecular weight is 607 g/mol. The van der Waals surface area contributed by atoms with Crippen LogP contribution in [0.2, 0.25) is 0 Å². The zero-order chi connectivity index (χ0) is 30.8. The van der Waals surface area contributed by atoms with Crippen molar-refractivity contribution in [2.75, 3.05) is 19.0 Å². The van der Waals surface area contributed by atoms with Crippen molar-refractivity contribution < 1.29 is 27.4 Å². The zero-order valence-corrected chi connectivity index (χ0v) is 24.5. The molecule has 4 aromatic rings. The number of halogens is 3. The normalized spacial score (nSPS) is 17.4. The zero-order valence-electron chi connectivity index (χ0n) is 24.5. The molecular weight excluding hydrogens is 573 g/mol. The third-order valence-corrected chi connectivity index (χ3v) is 8.11. The molecule has 0 saturated heterocycles. The van der Waals surface area contributed by atoms with Gasteiger partial charge in [0.1, 0.15) is 30.1 Å². The second-order valence-corrected chi connectivity index (χ2v) is 11.3. The summed E-state index contributed by atoms with van der Waals surface area (Å²) in [5.74, 6) is 1.42. The molecule has 1 unspecified atom stereocenters. The topological polar surface area (TPSA) is 105 Å². The van der Waals surface area contributed by atoms with Crippen LogP contribution in [0.5, 0.6) is 17.4 Å². The van der Waals surface area contributed by atoms with Crippen LogP contribution in [0.4, 0.5) is 23.7 Å². The van der Waals surface area contributed by atoms with Crippen LogP contribution in [0.15, 0.2) is 54.4 Å². The Kier molecular flexibility index (Phi) is 8.15. The van der Waals surface area contributed by atoms with E-state index in [1.165, 1.54) is 11.9 Å². The van der Waals surface area contributed by atoms with Crippen LogP contribution < -0.4 is 14.8 Å². The molecule has 2 aliphatic rings. The number of benzene rings is 2. The van der Waals surface area contributed by atoms with Crippen LogP contribution in [-0.4, -0.2) is 56.7 Å². The highest BCUT2D eigenvalue weighted by molar-refractivity contribution is 5.91. The molecule has 2 amide bonds. The number of aromatic amines is 1. The summed E-state index contributed by atoms with van der Waals surface area (Å²) in [4.78, 5) is 30.6. The van der Waals surface area contributed by atoms with Gasteiger partial charge in [-0.05, 0) is 74.4 Å². The Hall–Kier alpha value is -4.61. The molecule has 230 valence electrons. The highest BCUT2D eigenvalue weighted by atomic mass is 19.4. The van der Waals surface area contributed by atoms with E-state index < -0.39 is 12.6 Å². The van der Waals surface area contributed by atoms with Crippen molar-refractivity contribution in [2.45, 2.75) is 64.1 Å². The number of methoxy groups -OCH3 is 1. The number of carbonyl (C=O) groups excluding carboxylic acids is 1. The lowest BCUT2D eigenvalue weighted by atomic mass is 10.0. The molecule has 0 fully saturated rings. The lowest BCUT2D eigenvalue weighted by molar-refractivity contribution is -0.128. The fraction of sp³-hybridized carbons (Fsp3) is 0.375. The summed E-state index contributed by atoms with van der Waals surface area (Å²) in [6.45, 7) is 2.42. The number of hydrogen-bond donors (Lipinski definition) is 2. The average Bonchev–Trinajstić information content (AvgIpc) is 3.12. The number of ether oxygens (including phenoxy) is 2. The van der Waals surface area contributed by atoms with Gasteiger partial charge in [0.2, 0.25) is 5.88 Å². The first-order valence-electron chi connectivity index (χ1n) is 14.6. The number of amides is 2. The largest absolute Gasteiger partial charge is 0.497 e. The van der Waals surface area contributed by atoms with Gasteiger partial charge in [-0.3, -0.25) is 0 Å². The van der Waals surface area contributed by atoms with Crippen molar-refractivity contribution in [3.63, 3.8) is 0 Å². The van der Waals surface area contributed by atoms with Crippen LogP contribution in [0.3, 0.4) is 0 Å². The van der Waals surface area contributed by atoms with Gasteiger partial charge in [-0.25, -0.2) is 19.7 Å². The van der Waals surface area contributed by atoms with Gasteiger partial charge in [-0.15, -0.1) is 0 Å². The van der Waals surface area contributed by atoms with Crippen molar-refractivity contribution in [3.05, 3.63) is 77.0 Å². The number of aromatic nitrogens is 4. The molecule has 1 atom stereocenters. The summed E-state index contributed by atoms with van der Waals surface area (Å²) < 4.78 is 49.9. The summed E-state index contributed by atoms with van der Waals surface area (Å²) in [5, 5.41) is 3.07. The fourth-order valence-corrected chi connectivity index (χ4v) is 5.98. The molecule has 0 saturated carbocycles. The molecule has 3 heterocycles. The van der Waals surface area contributed by atoms with Gasteiger partial charge in [-0.1, -0.05) is 11.6 Å². The van der Waals surface area contributed by atoms with E-state index in [1.807, 2.05) is 23.1 Å². The lowest BCUT2D eigenvalue weighted by Gasteiger charge is -2.29. The Morgan fingerprint density at radius 3 is 2.75 bits per heavy atom. The predicted molar refractivity (Wildman–Crippen MR) is 159 cm³/mol. The number of imidazole rings is 1. The van der Waals surface area contributed by atoms with Gasteiger partial charge in [0.25, 0.3) is 0 Å². The third kappa shape index (κ3) is 6.79. The molecular formula is C32H33F3N6O3. The Labute approximate surface area is 252 Å². The molecule has 44 heavy (non-hydrogen) atoms. The Morgan fingerprint density at radius 2 is 1.93 bits per heavy atom. The van der Waals surface area contributed by atoms with Crippen LogP contribution >= 0.6 is 0 Å². The van der Waals surface area contributed by atoms with Gasteiger partial charge in [0.05, 0.1) is 23.8 Å². The minimum atomic E-state index is -4.35. The van der Waals surface area contributed by atoms with Crippen molar-refractivity contribution in [2.24, 2.45) is 0 Å². The monoisotopic (exact) mass is 606 g/mol. The predicted octanol–water partition coefficient (Wildman–Crippen LogP) is 7.07. The van der Waals surface area contributed by atoms with Crippen LogP contribution in [0, 0.1) is 6.92 Å². The molecule has 0 radical (unpaired) electrons. The Bertz CT molecular complexity index is 1720. The molecule has 6 rings (SSSR count). The first-order chi connectivity index (χ1) is 21.1. The molecule has 1 aliphatic heterocycles. The fourth-order valence-electron chi connectivity index (χ4n) is 5.98. The molecule has 12 heteroatoms. The van der Waals surface area contributed by atoms with Crippen LogP contribution in [0.25, 0.3) is 11.0 Å². The van der Waals surface area contributed by atoms with Crippen molar-refractivity contribution in [1.82, 2.24) is 24.8 Å². The van der Waals surface area contributed by atoms with E-state index in [-0.39, 0.29) is 17.9 Å². The maximum atomic E-state index is 13.1. The summed E-state index contributed by atoms with van der Waals surface area (Å²) in [5.41, 5.74) is 5.57. The molecule has 0 bridgehead atoms. The van der Waals surface area contributed by atoms with Crippen LogP contribution in [0.1, 0.15) is 48.3 Å². The first kappa shape index (κ1) is 29.5. The number of alkyl halides is 3. The second-order valence-electron chi connectivity index (χ2n) is 11.3. The SMILES string of the molecule is COc1ccc2c(c1)CCN(C1CCC=C(Cc3cc(Oc4cc(C)c5nc(CC(F)(F)F)[nH]c5c4)ncn3)CC1)C(=O)N2. The maximum absolute atomic E-state index is 13.1. The number of aryl methyl sites for hydroxylation is 1. The number of nitrogens with zero attached hydrogens (tertiary/aromatic N) is 4. The van der Waals surface area contributed by atoms with Gasteiger partial charge in [0.15, 0.2) is 0 Å². The van der Waals surface area contributed by atoms with Gasteiger partial charge < -0.3 is 24.7 Å². The number of carbonyl (C=O) groups is 1. The van der Waals surface area contributed by atoms with Crippen LogP contribution in [-0.2, 0) is 19.3 Å². The van der Waals surface area contributed by atoms with Gasteiger partial charge in [-0.2, -0.15) is 13.2 Å². The molecule has 2 N–H and O–H groups in total. The number of nitrogens with one attached hydrogen (secondary N) is 2. The summed E-state index contributed by atoms with van der Waals surface area (Å²) >= 11 is 0. The van der Waals surface area contributed by atoms with Gasteiger partial charge in [0, 0.05) is 36.8 Å². The lowest BCUT2D eigenvalue weighted by Crippen LogP contribution is -2.42. The first-order valence-corrected chi connectivity index (χ1v) is 14.6. The number of rotatable bonds is 7. The number of hydrogen-bond acceptors (Lipinski definition) is 6. The minimum absolute atomic E-state index is 0.0694. The number of urea groups is 1. The van der Waals surface area contributed by atoms with E-state index in [0.29, 0.717) is 41.2 Å². The van der Waals surface area contributed by atoms with E-state index in [1.54, 1.807) is 32.2 Å². The molecule has 2 aromatic carbocycles. The Morgan fingerprint density at radius 1 is 1.07 bits per heavy atom.